The zero-order valence-electron chi connectivity index (χ0n) is 22.0. The molecule has 0 aliphatic rings. The summed E-state index contributed by atoms with van der Waals surface area (Å²) < 4.78 is 0. The van der Waals surface area contributed by atoms with E-state index in [1.165, 1.54) is 76.5 Å². The van der Waals surface area contributed by atoms with Crippen molar-refractivity contribution in [2.24, 2.45) is 0 Å². The van der Waals surface area contributed by atoms with E-state index < -0.39 is 0 Å². The molecule has 0 aliphatic heterocycles. The lowest BCUT2D eigenvalue weighted by atomic mass is 9.83. The summed E-state index contributed by atoms with van der Waals surface area (Å²) in [5.74, 6) is 0. The van der Waals surface area contributed by atoms with E-state index >= 15 is 0 Å². The number of fused-ring (bicyclic) bond motifs is 4. The molecule has 0 unspecified atom stereocenters. The second-order valence-corrected chi connectivity index (χ2v) is 10.5. The fourth-order valence-electron chi connectivity index (χ4n) is 6.38. The quantitative estimate of drug-likeness (QED) is 0.209. The van der Waals surface area contributed by atoms with Gasteiger partial charge in [-0.05, 0) is 94.7 Å². The van der Waals surface area contributed by atoms with Crippen molar-refractivity contribution in [2.45, 2.75) is 0 Å². The van der Waals surface area contributed by atoms with Crippen molar-refractivity contribution in [2.75, 3.05) is 0 Å². The van der Waals surface area contributed by atoms with Gasteiger partial charge in [-0.2, -0.15) is 0 Å². The van der Waals surface area contributed by atoms with Crippen LogP contribution in [-0.4, -0.2) is 0 Å². The molecule has 0 aliphatic carbocycles. The molecule has 0 saturated heterocycles. The number of hydrogen-bond donors (Lipinski definition) is 0. The van der Waals surface area contributed by atoms with Gasteiger partial charge in [0.15, 0.2) is 0 Å². The molecule has 0 spiro atoms. The van der Waals surface area contributed by atoms with Gasteiger partial charge >= 0.3 is 0 Å². The largest absolute Gasteiger partial charge is 0.0622 e. The minimum absolute atomic E-state index is 1.23. The van der Waals surface area contributed by atoms with Gasteiger partial charge in [0, 0.05) is 0 Å². The first-order valence-electron chi connectivity index (χ1n) is 13.9. The molecular weight excluding hydrogens is 480 g/mol. The molecule has 0 radical (unpaired) electrons. The Hall–Kier alpha value is -5.20. The summed E-state index contributed by atoms with van der Waals surface area (Å²) in [6, 6.07) is 57.6. The SMILES string of the molecule is c1ccc(-c2cc3ccccc3cc2-c2c3ccccc3c(-c3ccc4ccccc4c3)c3ccccc23)cc1. The average molecular weight is 507 g/mol. The number of rotatable bonds is 3. The first-order valence-corrected chi connectivity index (χ1v) is 13.9. The minimum atomic E-state index is 1.23. The lowest BCUT2D eigenvalue weighted by molar-refractivity contribution is 1.63. The van der Waals surface area contributed by atoms with Crippen LogP contribution in [0.2, 0.25) is 0 Å². The van der Waals surface area contributed by atoms with E-state index in [0.717, 1.165) is 0 Å². The predicted octanol–water partition coefficient (Wildman–Crippen LogP) is 11.3. The molecule has 40 heavy (non-hydrogen) atoms. The maximum absolute atomic E-state index is 2.39. The van der Waals surface area contributed by atoms with Crippen LogP contribution >= 0.6 is 0 Å². The molecular formula is C40H26. The normalized spacial score (nSPS) is 11.5. The summed E-state index contributed by atoms with van der Waals surface area (Å²) >= 11 is 0. The van der Waals surface area contributed by atoms with E-state index in [1.54, 1.807) is 0 Å². The van der Waals surface area contributed by atoms with Crippen LogP contribution in [0.4, 0.5) is 0 Å². The summed E-state index contributed by atoms with van der Waals surface area (Å²) in [5, 5.41) is 10.1. The Morgan fingerprint density at radius 1 is 0.250 bits per heavy atom. The summed E-state index contributed by atoms with van der Waals surface area (Å²) in [6.45, 7) is 0. The number of benzene rings is 8. The average Bonchev–Trinajstić information content (AvgIpc) is 3.03. The second-order valence-electron chi connectivity index (χ2n) is 10.5. The standard InChI is InChI=1S/C40H26/c1-2-13-28(14-3-1)37-25-30-16-6-7-17-31(30)26-38(37)40-35-20-10-8-18-33(35)39(34-19-9-11-21-36(34)40)32-23-22-27-12-4-5-15-29(27)24-32/h1-26H. The van der Waals surface area contributed by atoms with Gasteiger partial charge in [-0.15, -0.1) is 0 Å². The summed E-state index contributed by atoms with van der Waals surface area (Å²) in [4.78, 5) is 0. The van der Waals surface area contributed by atoms with Crippen LogP contribution in [0.1, 0.15) is 0 Å². The van der Waals surface area contributed by atoms with Crippen LogP contribution in [0.3, 0.4) is 0 Å². The minimum Gasteiger partial charge on any atom is -0.0622 e. The molecule has 0 N–H and O–H groups in total. The highest BCUT2D eigenvalue weighted by Crippen LogP contribution is 2.47. The smallest absolute Gasteiger partial charge is 0.00199 e. The van der Waals surface area contributed by atoms with Gasteiger partial charge in [0.2, 0.25) is 0 Å². The Bertz CT molecular complexity index is 2150. The molecule has 0 fully saturated rings. The molecule has 0 saturated carbocycles. The molecule has 0 aromatic heterocycles. The highest BCUT2D eigenvalue weighted by molar-refractivity contribution is 6.23. The van der Waals surface area contributed by atoms with Crippen LogP contribution in [0, 0.1) is 0 Å². The van der Waals surface area contributed by atoms with Crippen molar-refractivity contribution >= 4 is 43.1 Å². The first-order chi connectivity index (χ1) is 19.8. The third-order valence-electron chi connectivity index (χ3n) is 8.21. The van der Waals surface area contributed by atoms with Crippen molar-refractivity contribution in [1.29, 1.82) is 0 Å². The van der Waals surface area contributed by atoms with Crippen LogP contribution in [-0.2, 0) is 0 Å². The Labute approximate surface area is 233 Å². The van der Waals surface area contributed by atoms with Gasteiger partial charge in [0.05, 0.1) is 0 Å². The van der Waals surface area contributed by atoms with E-state index in [0.29, 0.717) is 0 Å². The van der Waals surface area contributed by atoms with Gasteiger partial charge < -0.3 is 0 Å². The Morgan fingerprint density at radius 3 is 1.30 bits per heavy atom. The van der Waals surface area contributed by atoms with Gasteiger partial charge in [0.25, 0.3) is 0 Å². The third-order valence-corrected chi connectivity index (χ3v) is 8.21. The Kier molecular flexibility index (Phi) is 5.24. The van der Waals surface area contributed by atoms with E-state index in [-0.39, 0.29) is 0 Å². The van der Waals surface area contributed by atoms with Crippen molar-refractivity contribution in [3.05, 3.63) is 158 Å². The maximum atomic E-state index is 2.39. The van der Waals surface area contributed by atoms with Crippen molar-refractivity contribution in [1.82, 2.24) is 0 Å². The lowest BCUT2D eigenvalue weighted by Crippen LogP contribution is -1.93. The molecule has 8 aromatic rings. The molecule has 0 heterocycles. The third kappa shape index (κ3) is 3.61. The number of hydrogen-bond acceptors (Lipinski definition) is 0. The molecule has 0 atom stereocenters. The van der Waals surface area contributed by atoms with Crippen molar-refractivity contribution in [3.8, 4) is 33.4 Å². The Morgan fingerprint density at radius 2 is 0.700 bits per heavy atom. The summed E-state index contributed by atoms with van der Waals surface area (Å²) in [7, 11) is 0. The molecule has 186 valence electrons. The highest BCUT2D eigenvalue weighted by Gasteiger charge is 2.19. The lowest BCUT2D eigenvalue weighted by Gasteiger charge is -2.20. The zero-order valence-corrected chi connectivity index (χ0v) is 22.0. The van der Waals surface area contributed by atoms with Gasteiger partial charge in [-0.25, -0.2) is 0 Å². The summed E-state index contributed by atoms with van der Waals surface area (Å²) in [6.07, 6.45) is 0. The van der Waals surface area contributed by atoms with Gasteiger partial charge in [-0.1, -0.05) is 140 Å². The van der Waals surface area contributed by atoms with Crippen molar-refractivity contribution < 1.29 is 0 Å². The van der Waals surface area contributed by atoms with E-state index in [2.05, 4.69) is 158 Å². The molecule has 0 heteroatoms. The van der Waals surface area contributed by atoms with Crippen LogP contribution < -0.4 is 0 Å². The monoisotopic (exact) mass is 506 g/mol. The van der Waals surface area contributed by atoms with Crippen LogP contribution in [0.25, 0.3) is 76.5 Å². The molecule has 0 nitrogen and oxygen atoms in total. The van der Waals surface area contributed by atoms with Gasteiger partial charge in [-0.3, -0.25) is 0 Å². The highest BCUT2D eigenvalue weighted by atomic mass is 14.2. The van der Waals surface area contributed by atoms with E-state index in [9.17, 15) is 0 Å². The first kappa shape index (κ1) is 22.8. The Balaban J connectivity index is 1.53. The molecule has 0 amide bonds. The van der Waals surface area contributed by atoms with Crippen LogP contribution in [0.5, 0.6) is 0 Å². The van der Waals surface area contributed by atoms with Gasteiger partial charge in [0.1, 0.15) is 0 Å². The second kappa shape index (κ2) is 9.22. The fraction of sp³-hybridized carbons (Fsp3) is 0. The predicted molar refractivity (Wildman–Crippen MR) is 173 cm³/mol. The molecule has 8 rings (SSSR count). The van der Waals surface area contributed by atoms with E-state index in [4.69, 9.17) is 0 Å². The topological polar surface area (TPSA) is 0 Å². The molecule has 8 aromatic carbocycles. The zero-order chi connectivity index (χ0) is 26.5. The molecule has 0 bridgehead atoms. The van der Waals surface area contributed by atoms with Crippen LogP contribution in [0.15, 0.2) is 158 Å². The summed E-state index contributed by atoms with van der Waals surface area (Å²) in [5.41, 5.74) is 7.59. The van der Waals surface area contributed by atoms with Crippen molar-refractivity contribution in [3.63, 3.8) is 0 Å². The maximum Gasteiger partial charge on any atom is -0.00199 e. The fourth-order valence-corrected chi connectivity index (χ4v) is 6.38. The van der Waals surface area contributed by atoms with E-state index in [1.807, 2.05) is 0 Å².